The summed E-state index contributed by atoms with van der Waals surface area (Å²) in [5.41, 5.74) is 7.06. The standard InChI is InChI=1S/C24H21F3N2O2/c1-2-14-12-16(25)7-8-17(14)24-15(13-30)6-10-21(29-24)18(9-11-22(28)31)23-19(26)4-3-5-20(23)27/h2-8,10,12,18,30H,1,9,11,13H2,(H2,28,31). The molecule has 1 amide bonds. The Hall–Kier alpha value is -3.45. The zero-order valence-corrected chi connectivity index (χ0v) is 16.6. The van der Waals surface area contributed by atoms with E-state index in [2.05, 4.69) is 11.6 Å². The highest BCUT2D eigenvalue weighted by molar-refractivity contribution is 5.75. The molecule has 2 aromatic carbocycles. The maximum absolute atomic E-state index is 14.6. The molecule has 3 aromatic rings. The number of nitrogens with two attached hydrogens (primary N) is 1. The summed E-state index contributed by atoms with van der Waals surface area (Å²) in [5.74, 6) is -3.50. The number of aromatic nitrogens is 1. The summed E-state index contributed by atoms with van der Waals surface area (Å²) in [5, 5.41) is 9.79. The summed E-state index contributed by atoms with van der Waals surface area (Å²) in [6.45, 7) is 3.33. The second kappa shape index (κ2) is 9.57. The lowest BCUT2D eigenvalue weighted by Crippen LogP contribution is -2.15. The van der Waals surface area contributed by atoms with Gasteiger partial charge in [-0.15, -0.1) is 0 Å². The number of benzene rings is 2. The molecule has 4 nitrogen and oxygen atoms in total. The average molecular weight is 426 g/mol. The number of carbonyl (C=O) groups is 1. The molecule has 0 aliphatic rings. The van der Waals surface area contributed by atoms with Crippen molar-refractivity contribution in [3.63, 3.8) is 0 Å². The molecule has 1 aromatic heterocycles. The van der Waals surface area contributed by atoms with Gasteiger partial charge in [-0.05, 0) is 48.4 Å². The van der Waals surface area contributed by atoms with Gasteiger partial charge >= 0.3 is 0 Å². The molecule has 7 heteroatoms. The van der Waals surface area contributed by atoms with E-state index in [4.69, 9.17) is 5.73 Å². The Kier molecular flexibility index (Phi) is 6.87. The molecule has 0 saturated carbocycles. The van der Waals surface area contributed by atoms with E-state index in [1.165, 1.54) is 30.3 Å². The topological polar surface area (TPSA) is 76.2 Å². The van der Waals surface area contributed by atoms with E-state index in [0.717, 1.165) is 12.1 Å². The molecule has 0 aliphatic carbocycles. The highest BCUT2D eigenvalue weighted by Gasteiger charge is 2.25. The Morgan fingerprint density at radius 1 is 1.13 bits per heavy atom. The van der Waals surface area contributed by atoms with E-state index in [1.54, 1.807) is 12.1 Å². The summed E-state index contributed by atoms with van der Waals surface area (Å²) in [6.07, 6.45) is 1.39. The quantitative estimate of drug-likeness (QED) is 0.548. The summed E-state index contributed by atoms with van der Waals surface area (Å²) in [7, 11) is 0. The molecule has 1 atom stereocenters. The van der Waals surface area contributed by atoms with Crippen LogP contribution in [-0.2, 0) is 11.4 Å². The third kappa shape index (κ3) is 4.83. The Morgan fingerprint density at radius 2 is 1.84 bits per heavy atom. The lowest BCUT2D eigenvalue weighted by molar-refractivity contribution is -0.118. The van der Waals surface area contributed by atoms with Gasteiger partial charge in [0.25, 0.3) is 0 Å². The molecular weight excluding hydrogens is 405 g/mol. The van der Waals surface area contributed by atoms with Crippen LogP contribution in [0.1, 0.15) is 41.1 Å². The van der Waals surface area contributed by atoms with Crippen LogP contribution in [0, 0.1) is 17.5 Å². The number of aliphatic hydroxyl groups is 1. The number of aliphatic hydroxyl groups excluding tert-OH is 1. The number of amides is 1. The summed E-state index contributed by atoms with van der Waals surface area (Å²) < 4.78 is 42.8. The molecule has 1 heterocycles. The first-order valence-electron chi connectivity index (χ1n) is 9.61. The van der Waals surface area contributed by atoms with Gasteiger partial charge in [-0.1, -0.05) is 24.8 Å². The van der Waals surface area contributed by atoms with Crippen molar-refractivity contribution in [3.8, 4) is 11.3 Å². The minimum atomic E-state index is -0.896. The van der Waals surface area contributed by atoms with Crippen LogP contribution in [0.15, 0.2) is 55.1 Å². The van der Waals surface area contributed by atoms with Crippen molar-refractivity contribution in [1.29, 1.82) is 0 Å². The van der Waals surface area contributed by atoms with E-state index < -0.39 is 29.3 Å². The van der Waals surface area contributed by atoms with Gasteiger partial charge in [-0.25, -0.2) is 13.2 Å². The zero-order chi connectivity index (χ0) is 22.5. The number of pyridine rings is 1. The fraction of sp³-hybridized carbons (Fsp3) is 0.167. The van der Waals surface area contributed by atoms with Gasteiger partial charge in [0, 0.05) is 34.7 Å². The van der Waals surface area contributed by atoms with Crippen molar-refractivity contribution in [3.05, 3.63) is 94.9 Å². The lowest BCUT2D eigenvalue weighted by Gasteiger charge is -2.20. The number of hydrogen-bond acceptors (Lipinski definition) is 3. The lowest BCUT2D eigenvalue weighted by atomic mass is 9.88. The molecule has 1 unspecified atom stereocenters. The van der Waals surface area contributed by atoms with Crippen molar-refractivity contribution in [2.45, 2.75) is 25.4 Å². The fourth-order valence-electron chi connectivity index (χ4n) is 3.55. The summed E-state index contributed by atoms with van der Waals surface area (Å²) in [6, 6.07) is 10.7. The maximum Gasteiger partial charge on any atom is 0.217 e. The molecule has 0 bridgehead atoms. The smallest absolute Gasteiger partial charge is 0.217 e. The van der Waals surface area contributed by atoms with E-state index in [9.17, 15) is 23.1 Å². The Balaban J connectivity index is 2.20. The molecule has 160 valence electrons. The van der Waals surface area contributed by atoms with Crippen LogP contribution in [0.4, 0.5) is 13.2 Å². The van der Waals surface area contributed by atoms with Crippen LogP contribution in [-0.4, -0.2) is 16.0 Å². The minimum absolute atomic E-state index is 0.0375. The predicted molar refractivity (Wildman–Crippen MR) is 112 cm³/mol. The van der Waals surface area contributed by atoms with Crippen molar-refractivity contribution in [1.82, 2.24) is 4.98 Å². The Bertz CT molecular complexity index is 1110. The first-order valence-corrected chi connectivity index (χ1v) is 9.61. The number of rotatable bonds is 8. The summed E-state index contributed by atoms with van der Waals surface area (Å²) >= 11 is 0. The Labute approximate surface area is 177 Å². The average Bonchev–Trinajstić information content (AvgIpc) is 2.75. The second-order valence-corrected chi connectivity index (χ2v) is 7.03. The first-order chi connectivity index (χ1) is 14.8. The Morgan fingerprint density at radius 3 is 2.45 bits per heavy atom. The summed E-state index contributed by atoms with van der Waals surface area (Å²) in [4.78, 5) is 15.9. The maximum atomic E-state index is 14.6. The van der Waals surface area contributed by atoms with Crippen LogP contribution < -0.4 is 5.73 Å². The number of primary amides is 1. The van der Waals surface area contributed by atoms with Crippen molar-refractivity contribution < 1.29 is 23.1 Å². The van der Waals surface area contributed by atoms with Crippen LogP contribution in [0.5, 0.6) is 0 Å². The van der Waals surface area contributed by atoms with Gasteiger partial charge in [-0.2, -0.15) is 0 Å². The van der Waals surface area contributed by atoms with E-state index in [0.29, 0.717) is 22.4 Å². The molecule has 0 saturated heterocycles. The van der Waals surface area contributed by atoms with Crippen molar-refractivity contribution in [2.75, 3.05) is 0 Å². The van der Waals surface area contributed by atoms with Crippen LogP contribution in [0.2, 0.25) is 0 Å². The fourth-order valence-corrected chi connectivity index (χ4v) is 3.55. The van der Waals surface area contributed by atoms with E-state index in [-0.39, 0.29) is 30.7 Å². The minimum Gasteiger partial charge on any atom is -0.392 e. The zero-order valence-electron chi connectivity index (χ0n) is 16.6. The van der Waals surface area contributed by atoms with Crippen molar-refractivity contribution in [2.24, 2.45) is 5.73 Å². The van der Waals surface area contributed by atoms with Crippen LogP contribution in [0.3, 0.4) is 0 Å². The number of halogens is 3. The van der Waals surface area contributed by atoms with Gasteiger partial charge in [0.05, 0.1) is 12.3 Å². The molecular formula is C24H21F3N2O2. The number of hydrogen-bond donors (Lipinski definition) is 2. The molecule has 0 spiro atoms. The first kappa shape index (κ1) is 22.2. The molecule has 0 radical (unpaired) electrons. The third-order valence-corrected chi connectivity index (χ3v) is 5.04. The van der Waals surface area contributed by atoms with Gasteiger partial charge in [0.2, 0.25) is 5.91 Å². The SMILES string of the molecule is C=Cc1cc(F)ccc1-c1nc(C(CCC(N)=O)c2c(F)cccc2F)ccc1CO. The normalized spacial score (nSPS) is 11.9. The van der Waals surface area contributed by atoms with Gasteiger partial charge in [-0.3, -0.25) is 9.78 Å². The van der Waals surface area contributed by atoms with Gasteiger partial charge in [0.1, 0.15) is 17.5 Å². The predicted octanol–water partition coefficient (Wildman–Crippen LogP) is 4.70. The third-order valence-electron chi connectivity index (χ3n) is 5.04. The highest BCUT2D eigenvalue weighted by atomic mass is 19.1. The van der Waals surface area contributed by atoms with E-state index >= 15 is 0 Å². The number of carbonyl (C=O) groups excluding carboxylic acids is 1. The monoisotopic (exact) mass is 426 g/mol. The van der Waals surface area contributed by atoms with E-state index in [1.807, 2.05) is 0 Å². The van der Waals surface area contributed by atoms with Crippen LogP contribution >= 0.6 is 0 Å². The molecule has 0 fully saturated rings. The molecule has 0 aliphatic heterocycles. The molecule has 31 heavy (non-hydrogen) atoms. The molecule has 3 N–H and O–H groups in total. The van der Waals surface area contributed by atoms with Crippen LogP contribution in [0.25, 0.3) is 17.3 Å². The number of nitrogens with zero attached hydrogens (tertiary/aromatic N) is 1. The second-order valence-electron chi connectivity index (χ2n) is 7.03. The largest absolute Gasteiger partial charge is 0.392 e. The van der Waals surface area contributed by atoms with Gasteiger partial charge in [0.15, 0.2) is 0 Å². The highest BCUT2D eigenvalue weighted by Crippen LogP contribution is 2.35. The molecule has 3 rings (SSSR count). The van der Waals surface area contributed by atoms with Gasteiger partial charge < -0.3 is 10.8 Å². The van der Waals surface area contributed by atoms with Crippen molar-refractivity contribution >= 4 is 12.0 Å².